The quantitative estimate of drug-likeness (QED) is 0.386. The first kappa shape index (κ1) is 32.4. The van der Waals surface area contributed by atoms with E-state index in [1.54, 1.807) is 4.31 Å². The van der Waals surface area contributed by atoms with Crippen LogP contribution in [0.25, 0.3) is 0 Å². The number of ketones is 1. The van der Waals surface area contributed by atoms with Gasteiger partial charge in [0.2, 0.25) is 10.0 Å². The second-order valence-electron chi connectivity index (χ2n) is 12.3. The summed E-state index contributed by atoms with van der Waals surface area (Å²) >= 11 is 0. The molecule has 2 heterocycles. The van der Waals surface area contributed by atoms with Crippen molar-refractivity contribution in [3.63, 3.8) is 0 Å². The number of Topliss-reactive ketones (excluding diaryl/α,β-unsaturated/α-hetero) is 1. The van der Waals surface area contributed by atoms with Crippen molar-refractivity contribution in [2.75, 3.05) is 26.0 Å². The van der Waals surface area contributed by atoms with E-state index in [0.29, 0.717) is 31.5 Å². The van der Waals surface area contributed by atoms with Crippen molar-refractivity contribution in [2.24, 2.45) is 11.8 Å². The van der Waals surface area contributed by atoms with Crippen LogP contribution in [0.4, 0.5) is 18.0 Å². The van der Waals surface area contributed by atoms with Crippen molar-refractivity contribution in [2.45, 2.75) is 75.4 Å². The van der Waals surface area contributed by atoms with E-state index < -0.39 is 45.5 Å². The zero-order chi connectivity index (χ0) is 31.4. The number of sulfonamides is 1. The lowest BCUT2D eigenvalue weighted by Gasteiger charge is -2.38. The predicted octanol–water partition coefficient (Wildman–Crippen LogP) is 4.88. The zero-order valence-corrected chi connectivity index (χ0v) is 25.6. The monoisotopic (exact) mass is 635 g/mol. The van der Waals surface area contributed by atoms with Crippen LogP contribution in [0.1, 0.15) is 68.4 Å². The first-order valence-corrected chi connectivity index (χ1v) is 17.0. The fraction of sp³-hybridized carbons (Fsp3) is 0.562. The number of halogens is 3. The number of methoxy groups -OCH3 is 1. The van der Waals surface area contributed by atoms with Gasteiger partial charge in [0, 0.05) is 43.6 Å². The lowest BCUT2D eigenvalue weighted by atomic mass is 9.79. The molecule has 2 N–H and O–H groups in total. The van der Waals surface area contributed by atoms with Crippen molar-refractivity contribution in [3.05, 3.63) is 71.0 Å². The van der Waals surface area contributed by atoms with Gasteiger partial charge >= 0.3 is 6.09 Å². The van der Waals surface area contributed by atoms with Gasteiger partial charge < -0.3 is 15.4 Å². The van der Waals surface area contributed by atoms with Crippen molar-refractivity contribution in [1.29, 1.82) is 0 Å². The molecule has 0 radical (unpaired) electrons. The van der Waals surface area contributed by atoms with Gasteiger partial charge in [0.1, 0.15) is 23.5 Å². The van der Waals surface area contributed by atoms with Crippen molar-refractivity contribution >= 4 is 21.9 Å². The number of nitrogens with zero attached hydrogens (tertiary/aromatic N) is 1. The molecule has 8 nitrogen and oxygen atoms in total. The standard InChI is InChI=1S/C32H40F3N3O5S/c1-43-32(40)37-31(30(21-7-10-24(33)11-8-21)23-14-25(34)17-26(35)15-23)29(39)16-22-5-2-4-20(22)9-12-28-18-36-27-6-3-13-44(41,42)38(28)19-27/h7-8,10-11,14-15,17,20,22,27-28,30-31,36H,2-6,9,12-13,16,18-19H2,1H3,(H,37,40)/t20-,22-,27-,28+,30+,31-/m1/s1. The van der Waals surface area contributed by atoms with Crippen molar-refractivity contribution in [3.8, 4) is 0 Å². The summed E-state index contributed by atoms with van der Waals surface area (Å²) in [6.45, 7) is 1.10. The number of amides is 1. The van der Waals surface area contributed by atoms with E-state index in [2.05, 4.69) is 10.6 Å². The summed E-state index contributed by atoms with van der Waals surface area (Å²) in [5.74, 6) is -3.21. The first-order valence-electron chi connectivity index (χ1n) is 15.4. The van der Waals surface area contributed by atoms with E-state index >= 15 is 0 Å². The number of rotatable bonds is 10. The predicted molar refractivity (Wildman–Crippen MR) is 159 cm³/mol. The van der Waals surface area contributed by atoms with Crippen LogP contribution in [0.5, 0.6) is 0 Å². The van der Waals surface area contributed by atoms with Gasteiger partial charge in [0.15, 0.2) is 5.78 Å². The molecule has 5 rings (SSSR count). The second-order valence-corrected chi connectivity index (χ2v) is 14.4. The third kappa shape index (κ3) is 7.63. The van der Waals surface area contributed by atoms with Crippen LogP contribution in [0.2, 0.25) is 0 Å². The molecule has 0 spiro atoms. The van der Waals surface area contributed by atoms with Gasteiger partial charge in [-0.05, 0) is 79.3 Å². The Bertz CT molecular complexity index is 1420. The number of alkyl carbamates (subject to hydrolysis) is 1. The summed E-state index contributed by atoms with van der Waals surface area (Å²) in [6, 6.07) is 6.98. The highest BCUT2D eigenvalue weighted by molar-refractivity contribution is 7.89. The average molecular weight is 636 g/mol. The second kappa shape index (κ2) is 14.0. The molecule has 0 aromatic heterocycles. The third-order valence-electron chi connectivity index (χ3n) is 9.52. The Kier molecular flexibility index (Phi) is 10.3. The van der Waals surface area contributed by atoms with Gasteiger partial charge in [-0.2, -0.15) is 4.31 Å². The third-order valence-corrected chi connectivity index (χ3v) is 11.5. The van der Waals surface area contributed by atoms with E-state index in [0.717, 1.165) is 57.4 Å². The normalized spacial score (nSPS) is 27.6. The minimum Gasteiger partial charge on any atom is -0.453 e. The topological polar surface area (TPSA) is 105 Å². The molecule has 3 fully saturated rings. The van der Waals surface area contributed by atoms with E-state index in [9.17, 15) is 31.2 Å². The Balaban J connectivity index is 1.35. The van der Waals surface area contributed by atoms with Gasteiger partial charge in [-0.3, -0.25) is 4.79 Å². The van der Waals surface area contributed by atoms with E-state index in [4.69, 9.17) is 4.74 Å². The Morgan fingerprint density at radius 3 is 2.36 bits per heavy atom. The van der Waals surface area contributed by atoms with E-state index in [1.807, 2.05) is 0 Å². The fourth-order valence-corrected chi connectivity index (χ4v) is 9.14. The molecule has 2 aliphatic heterocycles. The van der Waals surface area contributed by atoms with Crippen LogP contribution in [-0.4, -0.2) is 68.7 Å². The molecule has 1 aliphatic carbocycles. The maximum Gasteiger partial charge on any atom is 0.407 e. The summed E-state index contributed by atoms with van der Waals surface area (Å²) in [5.41, 5.74) is 0.518. The summed E-state index contributed by atoms with van der Waals surface area (Å²) < 4.78 is 74.9. The minimum atomic E-state index is -3.31. The minimum absolute atomic E-state index is 0.00685. The molecule has 2 aromatic carbocycles. The van der Waals surface area contributed by atoms with Gasteiger partial charge in [0.25, 0.3) is 0 Å². The van der Waals surface area contributed by atoms with Crippen LogP contribution < -0.4 is 10.6 Å². The molecule has 12 heteroatoms. The smallest absolute Gasteiger partial charge is 0.407 e. The SMILES string of the molecule is COC(=O)N[C@H](C(=O)C[C@H]1CCC[C@@H]1CC[C@H]1CN[C@@H]2CCCS(=O)(=O)N1C2)[C@@H](c1ccc(F)cc1)c1cc(F)cc(F)c1. The molecule has 7 atom stereocenters. The number of benzene rings is 2. The lowest BCUT2D eigenvalue weighted by Crippen LogP contribution is -2.57. The van der Waals surface area contributed by atoms with Gasteiger partial charge in [-0.1, -0.05) is 25.0 Å². The summed E-state index contributed by atoms with van der Waals surface area (Å²) in [5, 5.41) is 6.10. The molecule has 240 valence electrons. The maximum atomic E-state index is 14.4. The summed E-state index contributed by atoms with van der Waals surface area (Å²) in [6.07, 6.45) is 4.78. The fourth-order valence-electron chi connectivity index (χ4n) is 7.34. The average Bonchev–Trinajstić information content (AvgIpc) is 3.38. The van der Waals surface area contributed by atoms with Crippen LogP contribution in [0.15, 0.2) is 42.5 Å². The molecule has 2 saturated heterocycles. The van der Waals surface area contributed by atoms with E-state index in [1.165, 1.54) is 24.3 Å². The molecule has 1 unspecified atom stereocenters. The van der Waals surface area contributed by atoms with Gasteiger partial charge in [-0.15, -0.1) is 0 Å². The molecule has 3 aliphatic rings. The molecule has 44 heavy (non-hydrogen) atoms. The Labute approximate surface area is 256 Å². The largest absolute Gasteiger partial charge is 0.453 e. The number of ether oxygens (including phenoxy) is 1. The van der Waals surface area contributed by atoms with Crippen molar-refractivity contribution in [1.82, 2.24) is 14.9 Å². The highest BCUT2D eigenvalue weighted by Gasteiger charge is 2.40. The molecular formula is C32H40F3N3O5S. The number of nitrogens with one attached hydrogen (secondary N) is 2. The molecule has 1 saturated carbocycles. The number of carbonyl (C=O) groups is 2. The summed E-state index contributed by atoms with van der Waals surface area (Å²) in [7, 11) is -2.15. The van der Waals surface area contributed by atoms with Crippen LogP contribution >= 0.6 is 0 Å². The number of hydrogen-bond acceptors (Lipinski definition) is 6. The number of hydrogen-bond donors (Lipinski definition) is 2. The van der Waals surface area contributed by atoms with Crippen LogP contribution in [-0.2, 0) is 19.6 Å². The Morgan fingerprint density at radius 2 is 1.66 bits per heavy atom. The zero-order valence-electron chi connectivity index (χ0n) is 24.8. The summed E-state index contributed by atoms with van der Waals surface area (Å²) in [4.78, 5) is 26.5. The highest BCUT2D eigenvalue weighted by Crippen LogP contribution is 2.40. The Morgan fingerprint density at radius 1 is 0.955 bits per heavy atom. The van der Waals surface area contributed by atoms with E-state index in [-0.39, 0.29) is 47.4 Å². The Hall–Kier alpha value is -2.96. The molecule has 2 bridgehead atoms. The van der Waals surface area contributed by atoms with Crippen molar-refractivity contribution < 1.29 is 35.9 Å². The molecular weight excluding hydrogens is 595 g/mol. The van der Waals surface area contributed by atoms with Crippen LogP contribution in [0.3, 0.4) is 0 Å². The highest BCUT2D eigenvalue weighted by atomic mass is 32.2. The van der Waals surface area contributed by atoms with Gasteiger partial charge in [-0.25, -0.2) is 26.4 Å². The number of piperazine rings is 1. The molecule has 2 aromatic rings. The lowest BCUT2D eigenvalue weighted by molar-refractivity contribution is -0.122. The number of fused-ring (bicyclic) bond motifs is 2. The molecule has 1 amide bonds. The maximum absolute atomic E-state index is 14.4. The first-order chi connectivity index (χ1) is 21.0. The number of carbonyl (C=O) groups excluding carboxylic acids is 2. The van der Waals surface area contributed by atoms with Gasteiger partial charge in [0.05, 0.1) is 12.9 Å². The van der Waals surface area contributed by atoms with Crippen LogP contribution in [0, 0.1) is 29.3 Å².